The Bertz CT molecular complexity index is 711. The predicted molar refractivity (Wildman–Crippen MR) is 99.8 cm³/mol. The molecule has 0 saturated heterocycles. The minimum atomic E-state index is -0.0658. The number of hydrogen-bond donors (Lipinski definition) is 1. The Hall–Kier alpha value is -2.21. The number of aryl methyl sites for hydroxylation is 1. The Balaban J connectivity index is 1.85. The molecule has 1 aromatic heterocycles. The van der Waals surface area contributed by atoms with Crippen LogP contribution in [0.3, 0.4) is 0 Å². The van der Waals surface area contributed by atoms with Crippen molar-refractivity contribution in [2.24, 2.45) is 0 Å². The quantitative estimate of drug-likeness (QED) is 0.629. The highest BCUT2D eigenvalue weighted by Gasteiger charge is 2.13. The van der Waals surface area contributed by atoms with Crippen molar-refractivity contribution in [1.82, 2.24) is 10.5 Å². The Morgan fingerprint density at radius 2 is 2.15 bits per heavy atom. The maximum atomic E-state index is 12.1. The maximum absolute atomic E-state index is 12.1. The third-order valence-electron chi connectivity index (χ3n) is 4.01. The molecule has 0 spiro atoms. The molecule has 26 heavy (non-hydrogen) atoms. The molecule has 0 aliphatic carbocycles. The van der Waals surface area contributed by atoms with Gasteiger partial charge in [-0.1, -0.05) is 24.6 Å². The molecule has 1 aromatic carbocycles. The van der Waals surface area contributed by atoms with Gasteiger partial charge in [-0.3, -0.25) is 4.79 Å². The molecule has 0 unspecified atom stereocenters. The van der Waals surface area contributed by atoms with Crippen LogP contribution in [0.4, 0.5) is 0 Å². The standard InChI is InChI=1S/C19H25ClN2O4/c1-4-5-10-25-16-8-6-14(11-17(16)24-3)12-21-18(23)9-7-15-13(2)22-26-19(15)20/h6,8,11H,4-5,7,9-10,12H2,1-3H3,(H,21,23). The number of rotatable bonds is 10. The number of nitrogens with zero attached hydrogens (tertiary/aromatic N) is 1. The minimum Gasteiger partial charge on any atom is -0.493 e. The number of hydrogen-bond acceptors (Lipinski definition) is 5. The van der Waals surface area contributed by atoms with Crippen LogP contribution in [0.2, 0.25) is 5.22 Å². The molecule has 142 valence electrons. The summed E-state index contributed by atoms with van der Waals surface area (Å²) < 4.78 is 16.0. The molecule has 1 N–H and O–H groups in total. The summed E-state index contributed by atoms with van der Waals surface area (Å²) in [7, 11) is 1.61. The lowest BCUT2D eigenvalue weighted by Crippen LogP contribution is -2.23. The van der Waals surface area contributed by atoms with E-state index < -0.39 is 0 Å². The number of nitrogens with one attached hydrogen (secondary N) is 1. The first-order chi connectivity index (χ1) is 12.5. The van der Waals surface area contributed by atoms with Crippen molar-refractivity contribution in [3.63, 3.8) is 0 Å². The van der Waals surface area contributed by atoms with Crippen LogP contribution >= 0.6 is 11.6 Å². The largest absolute Gasteiger partial charge is 0.493 e. The first-order valence-corrected chi connectivity index (χ1v) is 9.10. The fourth-order valence-electron chi connectivity index (χ4n) is 2.44. The van der Waals surface area contributed by atoms with Crippen LogP contribution in [-0.2, 0) is 17.8 Å². The van der Waals surface area contributed by atoms with Crippen LogP contribution in [0.15, 0.2) is 22.7 Å². The van der Waals surface area contributed by atoms with Gasteiger partial charge in [0.25, 0.3) is 0 Å². The summed E-state index contributed by atoms with van der Waals surface area (Å²) in [6.07, 6.45) is 2.88. The Labute approximate surface area is 158 Å². The number of aromatic nitrogens is 1. The molecule has 0 fully saturated rings. The van der Waals surface area contributed by atoms with E-state index in [9.17, 15) is 4.79 Å². The number of carbonyl (C=O) groups is 1. The van der Waals surface area contributed by atoms with Gasteiger partial charge in [-0.05, 0) is 49.1 Å². The van der Waals surface area contributed by atoms with Gasteiger partial charge in [0.1, 0.15) is 0 Å². The Kier molecular flexibility index (Phi) is 7.78. The summed E-state index contributed by atoms with van der Waals surface area (Å²) in [4.78, 5) is 12.1. The zero-order chi connectivity index (χ0) is 18.9. The lowest BCUT2D eigenvalue weighted by atomic mass is 10.1. The van der Waals surface area contributed by atoms with Crippen molar-refractivity contribution in [2.75, 3.05) is 13.7 Å². The van der Waals surface area contributed by atoms with E-state index in [1.54, 1.807) is 14.0 Å². The summed E-state index contributed by atoms with van der Waals surface area (Å²) in [6.45, 7) is 5.00. The van der Waals surface area contributed by atoms with Gasteiger partial charge in [0, 0.05) is 18.5 Å². The molecule has 1 amide bonds. The van der Waals surface area contributed by atoms with E-state index in [0.29, 0.717) is 43.2 Å². The number of carbonyl (C=O) groups excluding carboxylic acids is 1. The number of unbranched alkanes of at least 4 members (excludes halogenated alkanes) is 1. The van der Waals surface area contributed by atoms with Crippen molar-refractivity contribution in [1.29, 1.82) is 0 Å². The molecule has 1 heterocycles. The number of methoxy groups -OCH3 is 1. The average Bonchev–Trinajstić information content (AvgIpc) is 2.97. The van der Waals surface area contributed by atoms with Crippen LogP contribution in [0.25, 0.3) is 0 Å². The maximum Gasteiger partial charge on any atom is 0.229 e. The van der Waals surface area contributed by atoms with Gasteiger partial charge >= 0.3 is 0 Å². The van der Waals surface area contributed by atoms with E-state index in [4.69, 9.17) is 25.6 Å². The third kappa shape index (κ3) is 5.66. The highest BCUT2D eigenvalue weighted by Crippen LogP contribution is 2.28. The molecule has 6 nitrogen and oxygen atoms in total. The molecule has 0 saturated carbocycles. The molecule has 2 aromatic rings. The topological polar surface area (TPSA) is 73.6 Å². The summed E-state index contributed by atoms with van der Waals surface area (Å²) in [5.41, 5.74) is 2.43. The molecule has 0 atom stereocenters. The molecule has 2 rings (SSSR count). The summed E-state index contributed by atoms with van der Waals surface area (Å²) in [5, 5.41) is 6.92. The highest BCUT2D eigenvalue weighted by atomic mass is 35.5. The molecule has 0 aliphatic heterocycles. The molecular weight excluding hydrogens is 356 g/mol. The third-order valence-corrected chi connectivity index (χ3v) is 4.31. The average molecular weight is 381 g/mol. The second-order valence-electron chi connectivity index (χ2n) is 5.98. The van der Waals surface area contributed by atoms with Gasteiger partial charge < -0.3 is 19.3 Å². The van der Waals surface area contributed by atoms with Crippen molar-refractivity contribution >= 4 is 17.5 Å². The summed E-state index contributed by atoms with van der Waals surface area (Å²) in [5.74, 6) is 1.32. The first-order valence-electron chi connectivity index (χ1n) is 8.72. The van der Waals surface area contributed by atoms with Crippen molar-refractivity contribution in [3.8, 4) is 11.5 Å². The highest BCUT2D eigenvalue weighted by molar-refractivity contribution is 6.29. The molecular formula is C19H25ClN2O4. The van der Waals surface area contributed by atoms with Crippen LogP contribution in [0.5, 0.6) is 11.5 Å². The lowest BCUT2D eigenvalue weighted by molar-refractivity contribution is -0.121. The van der Waals surface area contributed by atoms with Gasteiger partial charge in [0.15, 0.2) is 11.5 Å². The van der Waals surface area contributed by atoms with Gasteiger partial charge in [-0.15, -0.1) is 0 Å². The van der Waals surface area contributed by atoms with Gasteiger partial charge in [0.2, 0.25) is 11.1 Å². The fourth-order valence-corrected chi connectivity index (χ4v) is 2.70. The first kappa shape index (κ1) is 20.1. The van der Waals surface area contributed by atoms with E-state index in [0.717, 1.165) is 24.0 Å². The minimum absolute atomic E-state index is 0.0658. The smallest absolute Gasteiger partial charge is 0.229 e. The van der Waals surface area contributed by atoms with Gasteiger partial charge in [-0.25, -0.2) is 0 Å². The molecule has 7 heteroatoms. The Morgan fingerprint density at radius 3 is 2.81 bits per heavy atom. The SMILES string of the molecule is CCCCOc1ccc(CNC(=O)CCc2c(C)noc2Cl)cc1OC. The number of benzene rings is 1. The second-order valence-corrected chi connectivity index (χ2v) is 6.33. The van der Waals surface area contributed by atoms with Crippen LogP contribution in [0.1, 0.15) is 43.0 Å². The van der Waals surface area contributed by atoms with Crippen LogP contribution in [-0.4, -0.2) is 24.8 Å². The monoisotopic (exact) mass is 380 g/mol. The molecule has 0 bridgehead atoms. The van der Waals surface area contributed by atoms with Crippen molar-refractivity contribution < 1.29 is 18.8 Å². The van der Waals surface area contributed by atoms with E-state index >= 15 is 0 Å². The molecule has 0 aliphatic rings. The fraction of sp³-hybridized carbons (Fsp3) is 0.474. The number of amides is 1. The molecule has 0 radical (unpaired) electrons. The van der Waals surface area contributed by atoms with E-state index in [1.807, 2.05) is 18.2 Å². The van der Waals surface area contributed by atoms with Gasteiger partial charge in [-0.2, -0.15) is 0 Å². The van der Waals surface area contributed by atoms with Crippen molar-refractivity contribution in [2.45, 2.75) is 46.1 Å². The predicted octanol–water partition coefficient (Wildman–Crippen LogP) is 4.07. The second kappa shape index (κ2) is 10.1. The normalized spacial score (nSPS) is 10.6. The van der Waals surface area contributed by atoms with E-state index in [-0.39, 0.29) is 11.1 Å². The van der Waals surface area contributed by atoms with E-state index in [2.05, 4.69) is 17.4 Å². The van der Waals surface area contributed by atoms with Gasteiger partial charge in [0.05, 0.1) is 19.4 Å². The number of halogens is 1. The van der Waals surface area contributed by atoms with Crippen LogP contribution in [0, 0.1) is 6.92 Å². The summed E-state index contributed by atoms with van der Waals surface area (Å²) in [6, 6.07) is 5.67. The Morgan fingerprint density at radius 1 is 1.35 bits per heavy atom. The summed E-state index contributed by atoms with van der Waals surface area (Å²) >= 11 is 5.91. The lowest BCUT2D eigenvalue weighted by Gasteiger charge is -2.12. The zero-order valence-electron chi connectivity index (χ0n) is 15.4. The number of ether oxygens (including phenoxy) is 2. The zero-order valence-corrected chi connectivity index (χ0v) is 16.2. The van der Waals surface area contributed by atoms with Crippen molar-refractivity contribution in [3.05, 3.63) is 40.2 Å². The van der Waals surface area contributed by atoms with E-state index in [1.165, 1.54) is 0 Å². The van der Waals surface area contributed by atoms with Crippen LogP contribution < -0.4 is 14.8 Å².